The molecule has 0 aliphatic heterocycles. The monoisotopic (exact) mass is 300 g/mol. The molecule has 0 saturated carbocycles. The van der Waals surface area contributed by atoms with E-state index < -0.39 is 23.4 Å². The number of alkyl halides is 3. The Hall–Kier alpha value is -2.51. The smallest absolute Gasteiger partial charge is 0.406 e. The lowest BCUT2D eigenvalue weighted by Crippen LogP contribution is -2.26. The van der Waals surface area contributed by atoms with Crippen LogP contribution in [-0.2, 0) is 7.05 Å². The fraction of sp³-hybridized carbons (Fsp3) is 0.231. The quantitative estimate of drug-likeness (QED) is 0.919. The third-order valence-corrected chi connectivity index (χ3v) is 3.15. The van der Waals surface area contributed by atoms with Gasteiger partial charge >= 0.3 is 6.36 Å². The number of nitrogens with two attached hydrogens (primary N) is 1. The summed E-state index contributed by atoms with van der Waals surface area (Å²) >= 11 is 0. The molecule has 0 bridgehead atoms. The number of aromatic nitrogens is 1. The van der Waals surface area contributed by atoms with Crippen molar-refractivity contribution in [3.05, 3.63) is 39.7 Å². The lowest BCUT2D eigenvalue weighted by atomic mass is 10.1. The molecule has 0 atom stereocenters. The van der Waals surface area contributed by atoms with Gasteiger partial charge in [-0.2, -0.15) is 0 Å². The van der Waals surface area contributed by atoms with Crippen LogP contribution >= 0.6 is 0 Å². The average molecular weight is 300 g/mol. The fourth-order valence-electron chi connectivity index (χ4n) is 2.12. The van der Waals surface area contributed by atoms with Crippen molar-refractivity contribution >= 4 is 16.8 Å². The lowest BCUT2D eigenvalue weighted by Gasteiger charge is -2.14. The van der Waals surface area contributed by atoms with Crippen LogP contribution in [0.5, 0.6) is 5.75 Å². The Balaban J connectivity index is 2.78. The average Bonchev–Trinajstić information content (AvgIpc) is 2.34. The number of ether oxygens (including phenoxy) is 1. The van der Waals surface area contributed by atoms with E-state index in [4.69, 9.17) is 5.73 Å². The van der Waals surface area contributed by atoms with Crippen molar-refractivity contribution in [2.24, 2.45) is 12.8 Å². The van der Waals surface area contributed by atoms with E-state index in [0.717, 1.165) is 12.1 Å². The zero-order valence-electron chi connectivity index (χ0n) is 11.1. The summed E-state index contributed by atoms with van der Waals surface area (Å²) < 4.78 is 41.9. The van der Waals surface area contributed by atoms with Crippen molar-refractivity contribution < 1.29 is 22.7 Å². The molecule has 2 N–H and O–H groups in total. The normalized spacial score (nSPS) is 11.7. The van der Waals surface area contributed by atoms with Crippen LogP contribution < -0.4 is 15.9 Å². The molecule has 1 amide bonds. The summed E-state index contributed by atoms with van der Waals surface area (Å²) in [7, 11) is 1.58. The molecule has 0 aliphatic rings. The first kappa shape index (κ1) is 14.9. The van der Waals surface area contributed by atoms with Gasteiger partial charge in [-0.1, -0.05) is 0 Å². The second-order valence-electron chi connectivity index (χ2n) is 4.44. The van der Waals surface area contributed by atoms with Crippen molar-refractivity contribution in [2.45, 2.75) is 13.3 Å². The van der Waals surface area contributed by atoms with Gasteiger partial charge in [0.05, 0.1) is 10.9 Å². The first-order chi connectivity index (χ1) is 9.61. The molecular formula is C13H11F3N2O3. The molecule has 0 aliphatic carbocycles. The third-order valence-electron chi connectivity index (χ3n) is 3.15. The number of pyridine rings is 1. The summed E-state index contributed by atoms with van der Waals surface area (Å²) in [4.78, 5) is 23.6. The maximum Gasteiger partial charge on any atom is 0.573 e. The van der Waals surface area contributed by atoms with Crippen LogP contribution in [0.3, 0.4) is 0 Å². The molecule has 2 aromatic rings. The Morgan fingerprint density at radius 3 is 2.48 bits per heavy atom. The van der Waals surface area contributed by atoms with Crippen molar-refractivity contribution in [2.75, 3.05) is 0 Å². The Labute approximate surface area is 116 Å². The lowest BCUT2D eigenvalue weighted by molar-refractivity contribution is -0.274. The first-order valence-electron chi connectivity index (χ1n) is 5.80. The number of hydrogen-bond donors (Lipinski definition) is 1. The minimum Gasteiger partial charge on any atom is -0.406 e. The predicted octanol–water partition coefficient (Wildman–Crippen LogP) is 1.84. The van der Waals surface area contributed by atoms with Gasteiger partial charge in [0, 0.05) is 12.7 Å². The van der Waals surface area contributed by atoms with Gasteiger partial charge in [-0.3, -0.25) is 9.59 Å². The van der Waals surface area contributed by atoms with Gasteiger partial charge in [-0.25, -0.2) is 0 Å². The second kappa shape index (κ2) is 4.80. The predicted molar refractivity (Wildman–Crippen MR) is 69.1 cm³/mol. The molecule has 0 unspecified atom stereocenters. The summed E-state index contributed by atoms with van der Waals surface area (Å²) in [6.07, 6.45) is -4.86. The number of primary amides is 1. The first-order valence-corrected chi connectivity index (χ1v) is 5.80. The molecule has 8 heteroatoms. The van der Waals surface area contributed by atoms with Gasteiger partial charge in [-0.05, 0) is 25.1 Å². The number of aryl methyl sites for hydroxylation is 1. The molecule has 0 spiro atoms. The maximum atomic E-state index is 12.2. The van der Waals surface area contributed by atoms with Crippen LogP contribution in [0.4, 0.5) is 13.2 Å². The van der Waals surface area contributed by atoms with Crippen molar-refractivity contribution in [1.82, 2.24) is 4.57 Å². The van der Waals surface area contributed by atoms with E-state index in [2.05, 4.69) is 4.74 Å². The summed E-state index contributed by atoms with van der Waals surface area (Å²) in [6, 6.07) is 3.35. The van der Waals surface area contributed by atoms with Crippen LogP contribution in [0, 0.1) is 6.92 Å². The van der Waals surface area contributed by atoms with Crippen LogP contribution in [-0.4, -0.2) is 16.8 Å². The summed E-state index contributed by atoms with van der Waals surface area (Å²) in [6.45, 7) is 1.53. The molecule has 1 aromatic carbocycles. The molecule has 5 nitrogen and oxygen atoms in total. The molecule has 2 rings (SSSR count). The zero-order chi connectivity index (χ0) is 15.9. The van der Waals surface area contributed by atoms with Gasteiger partial charge in [0.15, 0.2) is 0 Å². The van der Waals surface area contributed by atoms with E-state index >= 15 is 0 Å². The Morgan fingerprint density at radius 1 is 1.33 bits per heavy atom. The number of carbonyl (C=O) groups excluding carboxylic acids is 1. The van der Waals surface area contributed by atoms with Crippen LogP contribution in [0.2, 0.25) is 0 Å². The largest absolute Gasteiger partial charge is 0.573 e. The van der Waals surface area contributed by atoms with E-state index in [1.807, 2.05) is 0 Å². The number of hydrogen-bond acceptors (Lipinski definition) is 3. The third kappa shape index (κ3) is 2.69. The van der Waals surface area contributed by atoms with Gasteiger partial charge in [0.25, 0.3) is 5.91 Å². The van der Waals surface area contributed by atoms with E-state index in [1.165, 1.54) is 17.6 Å². The SMILES string of the molecule is Cc1c(C(N)=O)c(=O)c2cc(OC(F)(F)F)ccc2n1C. The van der Waals surface area contributed by atoms with Crippen LogP contribution in [0.1, 0.15) is 16.1 Å². The highest BCUT2D eigenvalue weighted by molar-refractivity contribution is 5.97. The van der Waals surface area contributed by atoms with Crippen molar-refractivity contribution in [3.63, 3.8) is 0 Å². The van der Waals surface area contributed by atoms with E-state index in [-0.39, 0.29) is 10.9 Å². The fourth-order valence-corrected chi connectivity index (χ4v) is 2.12. The molecular weight excluding hydrogens is 289 g/mol. The second-order valence-corrected chi connectivity index (χ2v) is 4.44. The minimum atomic E-state index is -4.86. The Morgan fingerprint density at radius 2 is 1.95 bits per heavy atom. The molecule has 112 valence electrons. The van der Waals surface area contributed by atoms with E-state index in [1.54, 1.807) is 7.05 Å². The summed E-state index contributed by atoms with van der Waals surface area (Å²) in [5.74, 6) is -1.47. The Bertz CT molecular complexity index is 794. The molecule has 1 heterocycles. The molecule has 0 radical (unpaired) electrons. The number of benzene rings is 1. The summed E-state index contributed by atoms with van der Waals surface area (Å²) in [5, 5.41) is -0.0707. The highest BCUT2D eigenvalue weighted by Crippen LogP contribution is 2.26. The van der Waals surface area contributed by atoms with E-state index in [0.29, 0.717) is 11.2 Å². The highest BCUT2D eigenvalue weighted by Gasteiger charge is 2.31. The maximum absolute atomic E-state index is 12.2. The molecule has 21 heavy (non-hydrogen) atoms. The number of fused-ring (bicyclic) bond motifs is 1. The molecule has 0 saturated heterocycles. The number of halogens is 3. The van der Waals surface area contributed by atoms with Crippen LogP contribution in [0.15, 0.2) is 23.0 Å². The molecule has 1 aromatic heterocycles. The summed E-state index contributed by atoms with van der Waals surface area (Å²) in [5.41, 5.74) is 4.88. The highest BCUT2D eigenvalue weighted by atomic mass is 19.4. The van der Waals surface area contributed by atoms with Gasteiger partial charge in [0.2, 0.25) is 5.43 Å². The standard InChI is InChI=1S/C13H11F3N2O3/c1-6-10(12(17)20)11(19)8-5-7(21-13(14,15)16)3-4-9(8)18(6)2/h3-5H,1-2H3,(H2,17,20). The van der Waals surface area contributed by atoms with Crippen molar-refractivity contribution in [1.29, 1.82) is 0 Å². The zero-order valence-corrected chi connectivity index (χ0v) is 11.1. The molecule has 0 fully saturated rings. The van der Waals surface area contributed by atoms with Crippen molar-refractivity contribution in [3.8, 4) is 5.75 Å². The number of nitrogens with zero attached hydrogens (tertiary/aromatic N) is 1. The Kier molecular flexibility index (Phi) is 3.40. The number of amides is 1. The van der Waals surface area contributed by atoms with E-state index in [9.17, 15) is 22.8 Å². The topological polar surface area (TPSA) is 74.3 Å². The van der Waals surface area contributed by atoms with Crippen LogP contribution in [0.25, 0.3) is 10.9 Å². The minimum absolute atomic E-state index is 0.0707. The van der Waals surface area contributed by atoms with Gasteiger partial charge in [0.1, 0.15) is 11.3 Å². The van der Waals surface area contributed by atoms with Gasteiger partial charge < -0.3 is 15.0 Å². The number of carbonyl (C=O) groups is 1. The van der Waals surface area contributed by atoms with Gasteiger partial charge in [-0.15, -0.1) is 13.2 Å². The number of rotatable bonds is 2.